The van der Waals surface area contributed by atoms with E-state index in [0.717, 1.165) is 17.2 Å². The van der Waals surface area contributed by atoms with Gasteiger partial charge in [0.25, 0.3) is 5.91 Å². The molecule has 242 valence electrons. The first-order valence-corrected chi connectivity index (χ1v) is 14.1. The van der Waals surface area contributed by atoms with Crippen LogP contribution in [0.25, 0.3) is 22.3 Å². The zero-order chi connectivity index (χ0) is 34.5. The van der Waals surface area contributed by atoms with Gasteiger partial charge in [-0.1, -0.05) is 59.7 Å². The Bertz CT molecular complexity index is 2070. The minimum atomic E-state index is -5.09. The number of hydrogen-bond donors (Lipinski definition) is 3. The Morgan fingerprint density at radius 2 is 1.64 bits per heavy atom. The number of amides is 2. The lowest BCUT2D eigenvalue weighted by Gasteiger charge is -2.29. The molecular formula is C31H29F3N10O3. The van der Waals surface area contributed by atoms with E-state index in [2.05, 4.69) is 35.9 Å². The van der Waals surface area contributed by atoms with Gasteiger partial charge in [-0.3, -0.25) is 10.1 Å². The average molecular weight is 647 g/mol. The first-order valence-electron chi connectivity index (χ1n) is 14.1. The number of benzene rings is 1. The highest BCUT2D eigenvalue weighted by Crippen LogP contribution is 2.43. The molecule has 0 aliphatic carbocycles. The van der Waals surface area contributed by atoms with Crippen LogP contribution >= 0.6 is 0 Å². The van der Waals surface area contributed by atoms with Gasteiger partial charge in [0, 0.05) is 16.2 Å². The largest absolute Gasteiger partial charge is 0.465 e. The molecule has 0 saturated carbocycles. The summed E-state index contributed by atoms with van der Waals surface area (Å²) < 4.78 is 45.8. The van der Waals surface area contributed by atoms with Gasteiger partial charge in [-0.2, -0.15) is 33.7 Å². The molecule has 3 N–H and O–H groups in total. The Morgan fingerprint density at radius 3 is 2.21 bits per heavy atom. The number of nitrogens with zero attached hydrogens (tertiary/aromatic N) is 8. The van der Waals surface area contributed by atoms with Crippen molar-refractivity contribution in [2.75, 3.05) is 10.6 Å². The molecule has 0 saturated heterocycles. The summed E-state index contributed by atoms with van der Waals surface area (Å²) in [5.74, 6) is -1.15. The Labute approximate surface area is 266 Å². The minimum Gasteiger partial charge on any atom is -0.465 e. The first-order chi connectivity index (χ1) is 21.9. The molecule has 5 aromatic rings. The standard InChI is InChI=1S/C31H29F3N10O3/c1-29(2,3)20-9-7-8-18-21(20)22(23(30(4,5)6)41-25(18)42-28(46)47)43-24(31(32,33)34)19(15-39-43)27(45)40-17-12-16(13-35)26(36-14-17)44-37-10-11-38-44/h7-12,14-15H,1-6H3,(H,40,45)(H,41,42)(H,46,47). The van der Waals surface area contributed by atoms with Crippen LogP contribution in [0.4, 0.5) is 29.5 Å². The number of carboxylic acid groups (broad SMARTS) is 1. The quantitative estimate of drug-likeness (QED) is 0.200. The number of nitrogens with one attached hydrogen (secondary N) is 2. The van der Waals surface area contributed by atoms with Crippen LogP contribution in [-0.4, -0.2) is 51.8 Å². The molecule has 0 aliphatic heterocycles. The fourth-order valence-corrected chi connectivity index (χ4v) is 5.15. The molecule has 16 heteroatoms. The number of carbonyl (C=O) groups excluding carboxylic acids is 1. The maximum absolute atomic E-state index is 15.0. The van der Waals surface area contributed by atoms with Crippen molar-refractivity contribution in [1.82, 2.24) is 34.7 Å². The molecule has 1 aromatic carbocycles. The highest BCUT2D eigenvalue weighted by Gasteiger charge is 2.42. The van der Waals surface area contributed by atoms with E-state index in [1.165, 1.54) is 18.5 Å². The second kappa shape index (κ2) is 11.5. The highest BCUT2D eigenvalue weighted by molar-refractivity contribution is 6.07. The van der Waals surface area contributed by atoms with E-state index in [0.29, 0.717) is 10.2 Å². The van der Waals surface area contributed by atoms with Crippen molar-refractivity contribution < 1.29 is 27.9 Å². The summed E-state index contributed by atoms with van der Waals surface area (Å²) in [7, 11) is 0. The molecular weight excluding hydrogens is 617 g/mol. The molecule has 5 rings (SSSR count). The van der Waals surface area contributed by atoms with Crippen LogP contribution in [0.3, 0.4) is 0 Å². The number of alkyl halides is 3. The monoisotopic (exact) mass is 646 g/mol. The van der Waals surface area contributed by atoms with Crippen LogP contribution < -0.4 is 10.6 Å². The fraction of sp³-hybridized carbons (Fsp3) is 0.290. The van der Waals surface area contributed by atoms with Crippen molar-refractivity contribution in [1.29, 1.82) is 5.26 Å². The van der Waals surface area contributed by atoms with E-state index in [9.17, 15) is 20.0 Å². The van der Waals surface area contributed by atoms with Crippen molar-refractivity contribution in [2.45, 2.75) is 58.5 Å². The molecule has 0 spiro atoms. The number of anilines is 2. The normalized spacial score (nSPS) is 12.2. The summed E-state index contributed by atoms with van der Waals surface area (Å²) in [6, 6.07) is 8.12. The lowest BCUT2D eigenvalue weighted by atomic mass is 9.81. The Kier molecular flexibility index (Phi) is 7.96. The number of carbonyl (C=O) groups is 2. The summed E-state index contributed by atoms with van der Waals surface area (Å²) in [6.45, 7) is 10.8. The zero-order valence-electron chi connectivity index (χ0n) is 26.1. The van der Waals surface area contributed by atoms with Gasteiger partial charge in [-0.05, 0) is 17.0 Å². The maximum Gasteiger partial charge on any atom is 0.434 e. The zero-order valence-corrected chi connectivity index (χ0v) is 26.1. The number of halogens is 3. The van der Waals surface area contributed by atoms with Crippen LogP contribution in [0.1, 0.15) is 74.4 Å². The molecule has 47 heavy (non-hydrogen) atoms. The molecule has 4 aromatic heterocycles. The second-order valence-electron chi connectivity index (χ2n) is 12.6. The van der Waals surface area contributed by atoms with Crippen molar-refractivity contribution in [3.63, 3.8) is 0 Å². The van der Waals surface area contributed by atoms with Gasteiger partial charge in [-0.15, -0.1) is 4.80 Å². The number of hydrogen-bond acceptors (Lipinski definition) is 8. The minimum absolute atomic E-state index is 0.0390. The van der Waals surface area contributed by atoms with Crippen molar-refractivity contribution in [2.24, 2.45) is 0 Å². The van der Waals surface area contributed by atoms with Crippen LogP contribution in [0.5, 0.6) is 0 Å². The summed E-state index contributed by atoms with van der Waals surface area (Å²) in [5.41, 5.74) is -3.16. The van der Waals surface area contributed by atoms with E-state index in [1.807, 2.05) is 26.8 Å². The van der Waals surface area contributed by atoms with Gasteiger partial charge in [0.2, 0.25) is 0 Å². The highest BCUT2D eigenvalue weighted by atomic mass is 19.4. The van der Waals surface area contributed by atoms with Gasteiger partial charge >= 0.3 is 12.3 Å². The SMILES string of the molecule is CC(C)(C)c1nc(NC(=O)O)c2cccc(C(C)(C)C)c2c1-n1ncc(C(=O)Nc2cnc(-n3nccn3)c(C#N)c2)c1C(F)(F)F. The third-order valence-corrected chi connectivity index (χ3v) is 7.10. The predicted molar refractivity (Wildman–Crippen MR) is 165 cm³/mol. The molecule has 13 nitrogen and oxygen atoms in total. The molecule has 0 aliphatic rings. The topological polar surface area (TPSA) is 177 Å². The van der Waals surface area contributed by atoms with Gasteiger partial charge in [0.05, 0.1) is 47.4 Å². The number of rotatable bonds is 5. The first kappa shape index (κ1) is 32.5. The molecule has 0 radical (unpaired) electrons. The third kappa shape index (κ3) is 6.19. The smallest absolute Gasteiger partial charge is 0.434 e. The lowest BCUT2D eigenvalue weighted by molar-refractivity contribution is -0.143. The number of nitriles is 1. The van der Waals surface area contributed by atoms with Gasteiger partial charge in [-0.25, -0.2) is 19.4 Å². The third-order valence-electron chi connectivity index (χ3n) is 7.10. The van der Waals surface area contributed by atoms with Gasteiger partial charge in [0.1, 0.15) is 17.5 Å². The number of pyridine rings is 2. The molecule has 0 atom stereocenters. The van der Waals surface area contributed by atoms with Gasteiger partial charge < -0.3 is 10.4 Å². The van der Waals surface area contributed by atoms with E-state index >= 15 is 13.2 Å². The summed E-state index contributed by atoms with van der Waals surface area (Å²) in [6.07, 6.45) is -1.78. The lowest BCUT2D eigenvalue weighted by Crippen LogP contribution is -2.26. The van der Waals surface area contributed by atoms with Crippen LogP contribution in [-0.2, 0) is 17.0 Å². The summed E-state index contributed by atoms with van der Waals surface area (Å²) >= 11 is 0. The van der Waals surface area contributed by atoms with E-state index in [-0.39, 0.29) is 45.0 Å². The van der Waals surface area contributed by atoms with Crippen LogP contribution in [0.2, 0.25) is 0 Å². The van der Waals surface area contributed by atoms with Crippen molar-refractivity contribution in [3.05, 3.63) is 77.1 Å². The van der Waals surface area contributed by atoms with Gasteiger partial charge in [0.15, 0.2) is 11.5 Å². The molecule has 0 fully saturated rings. The average Bonchev–Trinajstić information content (AvgIpc) is 3.66. The summed E-state index contributed by atoms with van der Waals surface area (Å²) in [5, 5.41) is 36.4. The second-order valence-corrected chi connectivity index (χ2v) is 12.6. The van der Waals surface area contributed by atoms with E-state index in [4.69, 9.17) is 0 Å². The maximum atomic E-state index is 15.0. The summed E-state index contributed by atoms with van der Waals surface area (Å²) in [4.78, 5) is 35.0. The molecule has 0 unspecified atom stereocenters. The van der Waals surface area contributed by atoms with Crippen molar-refractivity contribution in [3.8, 4) is 17.6 Å². The van der Waals surface area contributed by atoms with Crippen LogP contribution in [0.15, 0.2) is 49.1 Å². The molecule has 2 amide bonds. The Morgan fingerprint density at radius 1 is 0.957 bits per heavy atom. The molecule has 4 heterocycles. The Hall–Kier alpha value is -5.85. The van der Waals surface area contributed by atoms with E-state index in [1.54, 1.807) is 39.0 Å². The van der Waals surface area contributed by atoms with Crippen LogP contribution in [0, 0.1) is 11.3 Å². The molecule has 0 bridgehead atoms. The predicted octanol–water partition coefficient (Wildman–Crippen LogP) is 6.22. The number of fused-ring (bicyclic) bond motifs is 1. The number of aromatic nitrogens is 7. The van der Waals surface area contributed by atoms with Crippen molar-refractivity contribution >= 4 is 34.3 Å². The Balaban J connectivity index is 1.75. The van der Waals surface area contributed by atoms with E-state index < -0.39 is 40.3 Å². The fourth-order valence-electron chi connectivity index (χ4n) is 5.15.